The van der Waals surface area contributed by atoms with Gasteiger partial charge in [0.25, 0.3) is 0 Å². The second kappa shape index (κ2) is 27.1. The van der Waals surface area contributed by atoms with Gasteiger partial charge >= 0.3 is 26.2 Å². The van der Waals surface area contributed by atoms with Gasteiger partial charge in [0.15, 0.2) is 0 Å². The molecule has 0 aliphatic heterocycles. The largest absolute Gasteiger partial charge is 4.00 e. The van der Waals surface area contributed by atoms with Gasteiger partial charge < -0.3 is 20.4 Å². The molecule has 0 aromatic carbocycles. The average Bonchev–Trinajstić information content (AvgIpc) is 1.76. The van der Waals surface area contributed by atoms with Crippen LogP contribution in [-0.2, 0) is 26.2 Å². The third-order valence-electron chi connectivity index (χ3n) is 0. The van der Waals surface area contributed by atoms with Gasteiger partial charge in [-0.25, -0.2) is 0 Å². The van der Waals surface area contributed by atoms with E-state index in [-0.39, 0.29) is 26.2 Å². The van der Waals surface area contributed by atoms with Gasteiger partial charge in [-0.2, -0.15) is 0 Å². The molecule has 0 saturated carbocycles. The number of halogens is 4. The van der Waals surface area contributed by atoms with E-state index in [1.165, 1.54) is 27.7 Å². The zero-order chi connectivity index (χ0) is 14.3. The van der Waals surface area contributed by atoms with E-state index >= 15 is 0 Å². The third kappa shape index (κ3) is 739. The van der Waals surface area contributed by atoms with Crippen molar-refractivity contribution in [3.05, 3.63) is 0 Å². The molecule has 0 N–H and O–H groups in total. The van der Waals surface area contributed by atoms with Crippen LogP contribution in [0.4, 0.5) is 0 Å². The predicted octanol–water partition coefficient (Wildman–Crippen LogP) is 0.348. The van der Waals surface area contributed by atoms with Crippen LogP contribution in [0.5, 0.6) is 0 Å². The van der Waals surface area contributed by atoms with Crippen molar-refractivity contribution in [1.29, 1.82) is 0 Å². The standard InChI is InChI=1S/4C2H4BrO.Zr/c4*1-2(3)4;/h4*2H,1H3;/q4*-1;+4. The van der Waals surface area contributed by atoms with E-state index in [4.69, 9.17) is 0 Å². The maximum Gasteiger partial charge on any atom is 4.00 e. The van der Waals surface area contributed by atoms with Crippen LogP contribution in [0.15, 0.2) is 0 Å². The molecule has 4 unspecified atom stereocenters. The van der Waals surface area contributed by atoms with Crippen LogP contribution in [-0.4, -0.2) is 20.1 Å². The Balaban J connectivity index is -0.0000000369. The van der Waals surface area contributed by atoms with Crippen LogP contribution in [0.25, 0.3) is 0 Å². The summed E-state index contributed by atoms with van der Waals surface area (Å²) in [5.41, 5.74) is 0. The molecule has 9 heteroatoms. The van der Waals surface area contributed by atoms with Gasteiger partial charge in [-0.05, 0) is 0 Å². The van der Waals surface area contributed by atoms with Crippen molar-refractivity contribution in [2.75, 3.05) is 0 Å². The first-order valence-corrected chi connectivity index (χ1v) is 7.79. The molecule has 0 radical (unpaired) electrons. The minimum Gasteiger partial charge on any atom is -0.844 e. The van der Waals surface area contributed by atoms with Gasteiger partial charge in [-0.15, -0.1) is 63.7 Å². The van der Waals surface area contributed by atoms with E-state index in [0.717, 1.165) is 0 Å². The summed E-state index contributed by atoms with van der Waals surface area (Å²) in [4.78, 5) is 0. The summed E-state index contributed by atoms with van der Waals surface area (Å²) in [5, 5.41) is 35.4. The number of hydrogen-bond donors (Lipinski definition) is 0. The van der Waals surface area contributed by atoms with Crippen LogP contribution in [0.1, 0.15) is 27.7 Å². The molecule has 0 amide bonds. The maximum absolute atomic E-state index is 9.44. The molecule has 0 bridgehead atoms. The van der Waals surface area contributed by atoms with E-state index in [1.54, 1.807) is 0 Å². The Bertz CT molecular complexity index is 72.5. The van der Waals surface area contributed by atoms with Crippen molar-refractivity contribution in [3.8, 4) is 0 Å². The molecule has 0 rings (SSSR count). The molecule has 0 aromatic heterocycles. The summed E-state index contributed by atoms with van der Waals surface area (Å²) in [5.74, 6) is 0. The Hall–Kier alpha value is 2.64. The fourth-order valence-electron chi connectivity index (χ4n) is 0. The first kappa shape index (κ1) is 31.8. The van der Waals surface area contributed by atoms with Crippen molar-refractivity contribution in [3.63, 3.8) is 0 Å². The van der Waals surface area contributed by atoms with Gasteiger partial charge in [0.05, 0.1) is 0 Å². The normalized spacial score (nSPS) is 14.8. The quantitative estimate of drug-likeness (QED) is 0.383. The molecule has 4 nitrogen and oxygen atoms in total. The predicted molar refractivity (Wildman–Crippen MR) is 73.6 cm³/mol. The molecule has 104 valence electrons. The molecule has 0 aliphatic carbocycles. The second-order valence-corrected chi connectivity index (χ2v) is 7.33. The molecular weight excluding hydrogens is 571 g/mol. The van der Waals surface area contributed by atoms with Crippen molar-refractivity contribution < 1.29 is 46.6 Å². The van der Waals surface area contributed by atoms with Gasteiger partial charge in [-0.3, -0.25) is 0 Å². The van der Waals surface area contributed by atoms with Crippen LogP contribution in [0, 0.1) is 0 Å². The molecule has 0 spiro atoms. The zero-order valence-electron chi connectivity index (χ0n) is 9.95. The summed E-state index contributed by atoms with van der Waals surface area (Å²) in [6.07, 6.45) is 0. The molecule has 17 heavy (non-hydrogen) atoms. The minimum atomic E-state index is -0.604. The molecule has 0 fully saturated rings. The Kier molecular flexibility index (Phi) is 50.7. The number of alkyl halides is 4. The Morgan fingerprint density at radius 2 is 0.529 bits per heavy atom. The van der Waals surface area contributed by atoms with E-state index in [9.17, 15) is 20.4 Å². The van der Waals surface area contributed by atoms with E-state index in [1.807, 2.05) is 0 Å². The van der Waals surface area contributed by atoms with Crippen molar-refractivity contribution in [2.24, 2.45) is 0 Å². The molecule has 4 atom stereocenters. The smallest absolute Gasteiger partial charge is 0.844 e. The van der Waals surface area contributed by atoms with E-state index < -0.39 is 20.1 Å². The molecule has 0 heterocycles. The topological polar surface area (TPSA) is 92.2 Å². The van der Waals surface area contributed by atoms with Crippen LogP contribution in [0.2, 0.25) is 0 Å². The monoisotopic (exact) mass is 582 g/mol. The van der Waals surface area contributed by atoms with Crippen molar-refractivity contribution in [1.82, 2.24) is 0 Å². The summed E-state index contributed by atoms with van der Waals surface area (Å²) in [7, 11) is 0. The maximum atomic E-state index is 9.44. The first-order chi connectivity index (χ1) is 6.93. The summed E-state index contributed by atoms with van der Waals surface area (Å²) >= 11 is 10.9. The average molecular weight is 587 g/mol. The molecule has 0 saturated heterocycles. The van der Waals surface area contributed by atoms with Gasteiger partial charge in [0.1, 0.15) is 0 Å². The Morgan fingerprint density at radius 3 is 0.529 bits per heavy atom. The van der Waals surface area contributed by atoms with Crippen molar-refractivity contribution in [2.45, 2.75) is 47.7 Å². The van der Waals surface area contributed by atoms with Crippen LogP contribution < -0.4 is 20.4 Å². The number of hydrogen-bond acceptors (Lipinski definition) is 4. The zero-order valence-corrected chi connectivity index (χ0v) is 18.8. The summed E-state index contributed by atoms with van der Waals surface area (Å²) < 4.78 is 0. The Labute approximate surface area is 156 Å². The fourth-order valence-corrected chi connectivity index (χ4v) is 0. The Morgan fingerprint density at radius 1 is 0.529 bits per heavy atom. The summed E-state index contributed by atoms with van der Waals surface area (Å²) in [6, 6.07) is 0. The number of rotatable bonds is 0. The first-order valence-electron chi connectivity index (χ1n) is 4.13. The van der Waals surface area contributed by atoms with Gasteiger partial charge in [0.2, 0.25) is 0 Å². The fraction of sp³-hybridized carbons (Fsp3) is 1.00. The van der Waals surface area contributed by atoms with Crippen molar-refractivity contribution >= 4 is 63.7 Å². The van der Waals surface area contributed by atoms with E-state index in [2.05, 4.69) is 63.7 Å². The third-order valence-corrected chi connectivity index (χ3v) is 0. The minimum absolute atomic E-state index is 0. The molecular formula is C8H16Br4O4Zr. The van der Waals surface area contributed by atoms with Crippen LogP contribution in [0.3, 0.4) is 0 Å². The van der Waals surface area contributed by atoms with Crippen LogP contribution >= 0.6 is 63.7 Å². The molecule has 0 aliphatic rings. The second-order valence-electron chi connectivity index (χ2n) is 2.17. The van der Waals surface area contributed by atoms with E-state index in [0.29, 0.717) is 0 Å². The van der Waals surface area contributed by atoms with Gasteiger partial charge in [0, 0.05) is 0 Å². The molecule has 0 aromatic rings. The van der Waals surface area contributed by atoms with Gasteiger partial charge in [-0.1, -0.05) is 47.7 Å². The SMILES string of the molecule is CC([O-])Br.CC([O-])Br.CC([O-])Br.CC([O-])Br.[Zr+4]. The summed E-state index contributed by atoms with van der Waals surface area (Å²) in [6.45, 7) is 6.11.